The number of fused-ring (bicyclic) bond motifs is 10. The van der Waals surface area contributed by atoms with Crippen LogP contribution in [0.4, 0.5) is 0 Å². The first kappa shape index (κ1) is 26.9. The number of rotatable bonds is 3. The molecular formula is C48H30. The van der Waals surface area contributed by atoms with Crippen molar-refractivity contribution in [1.82, 2.24) is 0 Å². The van der Waals surface area contributed by atoms with Gasteiger partial charge in [0.25, 0.3) is 0 Å². The Morgan fingerprint density at radius 2 is 0.604 bits per heavy atom. The van der Waals surface area contributed by atoms with Gasteiger partial charge in [-0.1, -0.05) is 170 Å². The third kappa shape index (κ3) is 3.96. The third-order valence-corrected chi connectivity index (χ3v) is 10.2. The van der Waals surface area contributed by atoms with Crippen LogP contribution in [0, 0.1) is 0 Å². The van der Waals surface area contributed by atoms with Gasteiger partial charge in [0.1, 0.15) is 0 Å². The summed E-state index contributed by atoms with van der Waals surface area (Å²) in [6.45, 7) is 0. The largest absolute Gasteiger partial charge is 0.0622 e. The molecule has 0 saturated heterocycles. The Balaban J connectivity index is 1.36. The summed E-state index contributed by atoms with van der Waals surface area (Å²) in [5, 5.41) is 15.5. The van der Waals surface area contributed by atoms with Crippen LogP contribution in [0.5, 0.6) is 0 Å². The fourth-order valence-electron chi connectivity index (χ4n) is 8.19. The van der Waals surface area contributed by atoms with E-state index in [-0.39, 0.29) is 0 Å². The van der Waals surface area contributed by atoms with E-state index in [2.05, 4.69) is 182 Å². The van der Waals surface area contributed by atoms with Gasteiger partial charge in [-0.2, -0.15) is 0 Å². The molecule has 0 atom stereocenters. The van der Waals surface area contributed by atoms with Crippen molar-refractivity contribution >= 4 is 64.6 Å². The lowest BCUT2D eigenvalue weighted by Gasteiger charge is -2.21. The zero-order valence-corrected chi connectivity index (χ0v) is 26.3. The van der Waals surface area contributed by atoms with Gasteiger partial charge < -0.3 is 0 Å². The molecule has 0 unspecified atom stereocenters. The van der Waals surface area contributed by atoms with Crippen LogP contribution in [-0.4, -0.2) is 0 Å². The fourth-order valence-corrected chi connectivity index (χ4v) is 8.19. The molecule has 0 bridgehead atoms. The number of hydrogen-bond acceptors (Lipinski definition) is 0. The normalized spacial score (nSPS) is 11.8. The van der Waals surface area contributed by atoms with Crippen LogP contribution in [0.2, 0.25) is 0 Å². The highest BCUT2D eigenvalue weighted by molar-refractivity contribution is 6.34. The van der Waals surface area contributed by atoms with Crippen LogP contribution >= 0.6 is 0 Å². The molecule has 0 amide bonds. The van der Waals surface area contributed by atoms with Gasteiger partial charge in [-0.15, -0.1) is 0 Å². The maximum absolute atomic E-state index is 2.48. The molecule has 0 aromatic heterocycles. The molecule has 10 aromatic carbocycles. The molecule has 0 spiro atoms. The fraction of sp³-hybridized carbons (Fsp3) is 0. The molecule has 0 aliphatic rings. The van der Waals surface area contributed by atoms with Gasteiger partial charge in [-0.3, -0.25) is 0 Å². The Bertz CT molecular complexity index is 2820. The predicted molar refractivity (Wildman–Crippen MR) is 208 cm³/mol. The molecule has 222 valence electrons. The molecular weight excluding hydrogens is 577 g/mol. The predicted octanol–water partition coefficient (Wildman–Crippen LogP) is 13.6. The van der Waals surface area contributed by atoms with Gasteiger partial charge in [0, 0.05) is 0 Å². The smallest absolute Gasteiger partial charge is 0.00199 e. The molecule has 0 aliphatic carbocycles. The maximum Gasteiger partial charge on any atom is -0.00199 e. The highest BCUT2D eigenvalue weighted by Gasteiger charge is 2.20. The number of hydrogen-bond donors (Lipinski definition) is 0. The second kappa shape index (κ2) is 10.7. The Labute approximate surface area is 279 Å². The average Bonchev–Trinajstić information content (AvgIpc) is 3.17. The van der Waals surface area contributed by atoms with E-state index in [4.69, 9.17) is 0 Å². The highest BCUT2D eigenvalue weighted by atomic mass is 14.2. The summed E-state index contributed by atoms with van der Waals surface area (Å²) in [4.78, 5) is 0. The van der Waals surface area contributed by atoms with Crippen molar-refractivity contribution in [2.75, 3.05) is 0 Å². The first-order valence-electron chi connectivity index (χ1n) is 16.7. The second-order valence-electron chi connectivity index (χ2n) is 12.8. The average molecular weight is 607 g/mol. The molecule has 0 aliphatic heterocycles. The van der Waals surface area contributed by atoms with E-state index in [1.807, 2.05) is 0 Å². The molecule has 0 nitrogen and oxygen atoms in total. The summed E-state index contributed by atoms with van der Waals surface area (Å²) in [7, 11) is 0. The summed E-state index contributed by atoms with van der Waals surface area (Å²) in [6.07, 6.45) is 0. The molecule has 0 saturated carbocycles. The maximum atomic E-state index is 2.48. The first-order valence-corrected chi connectivity index (χ1v) is 16.7. The van der Waals surface area contributed by atoms with Crippen LogP contribution in [0.15, 0.2) is 182 Å². The Kier molecular flexibility index (Phi) is 5.98. The highest BCUT2D eigenvalue weighted by Crippen LogP contribution is 2.48. The minimum absolute atomic E-state index is 1.23. The third-order valence-electron chi connectivity index (χ3n) is 10.2. The van der Waals surface area contributed by atoms with E-state index in [1.165, 1.54) is 98.0 Å². The van der Waals surface area contributed by atoms with Crippen LogP contribution in [0.25, 0.3) is 98.0 Å². The monoisotopic (exact) mass is 606 g/mol. The summed E-state index contributed by atoms with van der Waals surface area (Å²) in [5.74, 6) is 0. The lowest BCUT2D eigenvalue weighted by Crippen LogP contribution is -1.93. The van der Waals surface area contributed by atoms with Crippen molar-refractivity contribution in [3.05, 3.63) is 182 Å². The minimum Gasteiger partial charge on any atom is -0.0622 e. The summed E-state index contributed by atoms with van der Waals surface area (Å²) in [6, 6.07) is 67.0. The molecule has 0 radical (unpaired) electrons. The topological polar surface area (TPSA) is 0 Å². The lowest BCUT2D eigenvalue weighted by molar-refractivity contribution is 1.61. The van der Waals surface area contributed by atoms with E-state index in [9.17, 15) is 0 Å². The van der Waals surface area contributed by atoms with Crippen LogP contribution in [0.3, 0.4) is 0 Å². The number of benzene rings is 10. The second-order valence-corrected chi connectivity index (χ2v) is 12.8. The van der Waals surface area contributed by atoms with Gasteiger partial charge in [0.05, 0.1) is 0 Å². The van der Waals surface area contributed by atoms with Gasteiger partial charge in [-0.05, 0) is 110 Å². The van der Waals surface area contributed by atoms with Crippen molar-refractivity contribution in [3.63, 3.8) is 0 Å². The minimum atomic E-state index is 1.23. The van der Waals surface area contributed by atoms with Gasteiger partial charge >= 0.3 is 0 Å². The van der Waals surface area contributed by atoms with Gasteiger partial charge in [0.15, 0.2) is 0 Å². The van der Waals surface area contributed by atoms with Crippen molar-refractivity contribution in [2.45, 2.75) is 0 Å². The molecule has 10 aromatic rings. The molecule has 10 rings (SSSR count). The lowest BCUT2D eigenvalue weighted by atomic mass is 9.82. The first-order chi connectivity index (χ1) is 23.8. The zero-order valence-electron chi connectivity index (χ0n) is 26.3. The van der Waals surface area contributed by atoms with E-state index in [1.54, 1.807) is 0 Å². The quantitative estimate of drug-likeness (QED) is 0.139. The standard InChI is InChI=1S/C48H30/c1-2-15-31(16-3-1)32-17-14-18-33(29-32)46-40-25-10-12-27-42(40)48(43-28-13-11-26-41(43)46)45-30-44-36-21-5-4-19-34(36)35-20-6-8-23-38(35)47(44)39-24-9-7-22-37(39)45/h1-30H. The summed E-state index contributed by atoms with van der Waals surface area (Å²) < 4.78 is 0. The molecule has 0 heterocycles. The summed E-state index contributed by atoms with van der Waals surface area (Å²) >= 11 is 0. The Morgan fingerprint density at radius 1 is 0.208 bits per heavy atom. The molecule has 48 heavy (non-hydrogen) atoms. The van der Waals surface area contributed by atoms with Crippen molar-refractivity contribution < 1.29 is 0 Å². The van der Waals surface area contributed by atoms with E-state index in [0.29, 0.717) is 0 Å². The molecule has 0 heteroatoms. The van der Waals surface area contributed by atoms with Crippen molar-refractivity contribution in [1.29, 1.82) is 0 Å². The Hall–Kier alpha value is -6.24. The summed E-state index contributed by atoms with van der Waals surface area (Å²) in [5.41, 5.74) is 7.53. The van der Waals surface area contributed by atoms with Gasteiger partial charge in [-0.25, -0.2) is 0 Å². The van der Waals surface area contributed by atoms with Crippen LogP contribution in [-0.2, 0) is 0 Å². The van der Waals surface area contributed by atoms with Crippen molar-refractivity contribution in [3.8, 4) is 33.4 Å². The van der Waals surface area contributed by atoms with Crippen LogP contribution in [0.1, 0.15) is 0 Å². The van der Waals surface area contributed by atoms with E-state index < -0.39 is 0 Å². The van der Waals surface area contributed by atoms with Crippen molar-refractivity contribution in [2.24, 2.45) is 0 Å². The van der Waals surface area contributed by atoms with Gasteiger partial charge in [0.2, 0.25) is 0 Å². The van der Waals surface area contributed by atoms with E-state index >= 15 is 0 Å². The zero-order chi connectivity index (χ0) is 31.6. The molecule has 0 N–H and O–H groups in total. The Morgan fingerprint density at radius 3 is 1.21 bits per heavy atom. The SMILES string of the molecule is c1ccc(-c2cccc(-c3c4ccccc4c(-c4cc5c6ccccc6c6ccccc6c5c5ccccc45)c4ccccc34)c2)cc1. The molecule has 0 fully saturated rings. The van der Waals surface area contributed by atoms with E-state index in [0.717, 1.165) is 0 Å². The van der Waals surface area contributed by atoms with Crippen LogP contribution < -0.4 is 0 Å².